The summed E-state index contributed by atoms with van der Waals surface area (Å²) in [6, 6.07) is 4.29. The van der Waals surface area contributed by atoms with Crippen LogP contribution in [0.1, 0.15) is 77.7 Å². The summed E-state index contributed by atoms with van der Waals surface area (Å²) < 4.78 is 0. The van der Waals surface area contributed by atoms with Crippen molar-refractivity contribution in [3.05, 3.63) is 35.7 Å². The number of fused-ring (bicyclic) bond motifs is 5. The molecule has 3 nitrogen and oxygen atoms in total. The number of nitrogens with zero attached hydrogens (tertiary/aromatic N) is 1. The zero-order valence-corrected chi connectivity index (χ0v) is 18.3. The molecule has 4 aliphatic carbocycles. The Labute approximate surface area is 175 Å². The molecule has 0 saturated heterocycles. The minimum Gasteiger partial charge on any atom is -0.393 e. The maximum atomic E-state index is 11.4. The third-order valence-electron chi connectivity index (χ3n) is 9.90. The van der Waals surface area contributed by atoms with Gasteiger partial charge >= 0.3 is 0 Å². The Balaban J connectivity index is 1.54. The molecular weight excluding hydrogens is 358 g/mol. The van der Waals surface area contributed by atoms with Gasteiger partial charge in [0.15, 0.2) is 0 Å². The smallest absolute Gasteiger partial charge is 0.0577 e. The normalized spacial score (nSPS) is 46.8. The molecule has 0 bridgehead atoms. The van der Waals surface area contributed by atoms with Crippen molar-refractivity contribution in [2.75, 3.05) is 0 Å². The number of aliphatic hydroxyl groups is 2. The summed E-state index contributed by atoms with van der Waals surface area (Å²) in [6.07, 6.45) is 12.1. The van der Waals surface area contributed by atoms with E-state index in [9.17, 15) is 10.2 Å². The van der Waals surface area contributed by atoms with Crippen LogP contribution in [0.5, 0.6) is 0 Å². The quantitative estimate of drug-likeness (QED) is 0.721. The van der Waals surface area contributed by atoms with E-state index in [0.717, 1.165) is 38.5 Å². The van der Waals surface area contributed by atoms with Crippen LogP contribution in [0.2, 0.25) is 0 Å². The van der Waals surface area contributed by atoms with Gasteiger partial charge in [0.05, 0.1) is 12.2 Å². The lowest BCUT2D eigenvalue weighted by Crippen LogP contribution is -2.58. The molecule has 3 fully saturated rings. The number of aromatic nitrogens is 1. The van der Waals surface area contributed by atoms with Crippen LogP contribution >= 0.6 is 0 Å². The van der Waals surface area contributed by atoms with E-state index in [-0.39, 0.29) is 23.0 Å². The summed E-state index contributed by atoms with van der Waals surface area (Å²) >= 11 is 0. The fourth-order valence-corrected chi connectivity index (χ4v) is 8.60. The fourth-order valence-electron chi connectivity index (χ4n) is 8.60. The maximum Gasteiger partial charge on any atom is 0.0577 e. The van der Waals surface area contributed by atoms with Crippen LogP contribution in [0.15, 0.2) is 30.1 Å². The molecule has 2 N–H and O–H groups in total. The predicted molar refractivity (Wildman–Crippen MR) is 116 cm³/mol. The highest BCUT2D eigenvalue weighted by atomic mass is 16.3. The van der Waals surface area contributed by atoms with E-state index < -0.39 is 0 Å². The average molecular weight is 396 g/mol. The molecule has 0 aromatic carbocycles. The molecule has 3 saturated carbocycles. The molecule has 158 valence electrons. The largest absolute Gasteiger partial charge is 0.393 e. The molecular formula is C26H37NO2. The molecule has 0 radical (unpaired) electrons. The van der Waals surface area contributed by atoms with E-state index in [1.54, 1.807) is 0 Å². The number of rotatable bonds is 2. The Kier molecular flexibility index (Phi) is 4.71. The van der Waals surface area contributed by atoms with Crippen molar-refractivity contribution in [2.24, 2.45) is 34.5 Å². The third-order valence-corrected chi connectivity index (χ3v) is 9.90. The molecule has 1 aromatic rings. The van der Waals surface area contributed by atoms with Gasteiger partial charge in [0.2, 0.25) is 0 Å². The molecule has 0 spiro atoms. The van der Waals surface area contributed by atoms with Gasteiger partial charge in [-0.2, -0.15) is 0 Å². The highest BCUT2D eigenvalue weighted by Crippen LogP contribution is 2.69. The molecule has 5 rings (SSSR count). The van der Waals surface area contributed by atoms with Crippen LogP contribution in [-0.4, -0.2) is 27.4 Å². The Morgan fingerprint density at radius 3 is 2.69 bits per heavy atom. The van der Waals surface area contributed by atoms with Crippen molar-refractivity contribution >= 4 is 5.57 Å². The van der Waals surface area contributed by atoms with Crippen molar-refractivity contribution in [3.8, 4) is 0 Å². The molecule has 1 aromatic heterocycles. The standard InChI is InChI=1S/C26H37NO2/c1-4-26-10-8-20-23(22(29)14-18-13-19(28)7-9-25(18,20)3)21(26)12-16(2)24(26)17-6-5-11-27-15-17/h5-6,11,15,18-23,28-29H,4,7-10,12-14H2,1-3H3/t18?,19-,20-,21-,22-,23+,25-,26-/m0/s1. The lowest BCUT2D eigenvalue weighted by atomic mass is 9.43. The van der Waals surface area contributed by atoms with Gasteiger partial charge in [-0.15, -0.1) is 0 Å². The summed E-state index contributed by atoms with van der Waals surface area (Å²) in [4.78, 5) is 4.43. The van der Waals surface area contributed by atoms with Gasteiger partial charge in [0.25, 0.3) is 0 Å². The number of aliphatic hydroxyl groups excluding tert-OH is 2. The van der Waals surface area contributed by atoms with Gasteiger partial charge in [0.1, 0.15) is 0 Å². The summed E-state index contributed by atoms with van der Waals surface area (Å²) in [5, 5.41) is 21.7. The topological polar surface area (TPSA) is 53.4 Å². The Morgan fingerprint density at radius 2 is 1.97 bits per heavy atom. The summed E-state index contributed by atoms with van der Waals surface area (Å²) in [5.74, 6) is 2.00. The molecule has 0 aliphatic heterocycles. The Hall–Kier alpha value is -1.19. The average Bonchev–Trinajstić information content (AvgIpc) is 3.02. The van der Waals surface area contributed by atoms with Crippen LogP contribution in [0.25, 0.3) is 5.57 Å². The number of pyridine rings is 1. The van der Waals surface area contributed by atoms with Gasteiger partial charge < -0.3 is 10.2 Å². The summed E-state index contributed by atoms with van der Waals surface area (Å²) in [7, 11) is 0. The van der Waals surface area contributed by atoms with Crippen molar-refractivity contribution in [1.82, 2.24) is 4.98 Å². The minimum atomic E-state index is -0.222. The maximum absolute atomic E-state index is 11.4. The van der Waals surface area contributed by atoms with E-state index in [1.807, 2.05) is 12.4 Å². The molecule has 29 heavy (non-hydrogen) atoms. The first-order chi connectivity index (χ1) is 13.9. The van der Waals surface area contributed by atoms with Crippen molar-refractivity contribution in [1.29, 1.82) is 0 Å². The van der Waals surface area contributed by atoms with E-state index in [2.05, 4.69) is 37.9 Å². The lowest BCUT2D eigenvalue weighted by molar-refractivity contribution is -0.166. The van der Waals surface area contributed by atoms with E-state index in [0.29, 0.717) is 23.7 Å². The molecule has 0 amide bonds. The van der Waals surface area contributed by atoms with Crippen LogP contribution < -0.4 is 0 Å². The molecule has 1 heterocycles. The van der Waals surface area contributed by atoms with Gasteiger partial charge in [-0.1, -0.05) is 25.5 Å². The summed E-state index contributed by atoms with van der Waals surface area (Å²) in [5.41, 5.74) is 4.82. The first-order valence-electron chi connectivity index (χ1n) is 11.9. The Bertz CT molecular complexity index is 804. The highest BCUT2D eigenvalue weighted by molar-refractivity contribution is 5.75. The zero-order valence-electron chi connectivity index (χ0n) is 18.3. The van der Waals surface area contributed by atoms with Gasteiger partial charge in [-0.25, -0.2) is 0 Å². The fraction of sp³-hybridized carbons (Fsp3) is 0.731. The second-order valence-electron chi connectivity index (χ2n) is 10.9. The number of hydrogen-bond acceptors (Lipinski definition) is 3. The van der Waals surface area contributed by atoms with Crippen LogP contribution in [-0.2, 0) is 0 Å². The highest BCUT2D eigenvalue weighted by Gasteiger charge is 2.62. The first-order valence-corrected chi connectivity index (χ1v) is 11.9. The molecule has 4 aliphatic rings. The predicted octanol–water partition coefficient (Wildman–Crippen LogP) is 5.23. The van der Waals surface area contributed by atoms with E-state index in [1.165, 1.54) is 29.6 Å². The van der Waals surface area contributed by atoms with Crippen LogP contribution in [0.4, 0.5) is 0 Å². The lowest BCUT2D eigenvalue weighted by Gasteiger charge is -2.62. The van der Waals surface area contributed by atoms with E-state index >= 15 is 0 Å². The van der Waals surface area contributed by atoms with Gasteiger partial charge in [0, 0.05) is 12.4 Å². The molecule has 1 unspecified atom stereocenters. The van der Waals surface area contributed by atoms with Crippen LogP contribution in [0, 0.1) is 34.5 Å². The van der Waals surface area contributed by atoms with Crippen molar-refractivity contribution in [3.63, 3.8) is 0 Å². The second kappa shape index (κ2) is 6.92. The first kappa shape index (κ1) is 19.8. The summed E-state index contributed by atoms with van der Waals surface area (Å²) in [6.45, 7) is 7.17. The molecule has 8 atom stereocenters. The van der Waals surface area contributed by atoms with Gasteiger partial charge in [-0.3, -0.25) is 4.98 Å². The zero-order chi connectivity index (χ0) is 20.4. The van der Waals surface area contributed by atoms with Crippen LogP contribution in [0.3, 0.4) is 0 Å². The number of allylic oxidation sites excluding steroid dienone is 2. The number of hydrogen-bond donors (Lipinski definition) is 2. The van der Waals surface area contributed by atoms with E-state index in [4.69, 9.17) is 0 Å². The monoisotopic (exact) mass is 395 g/mol. The SMILES string of the molecule is CC[C@]12CC[C@H]3[C@@H]([C@@H](O)CC4C[C@@H](O)CC[C@@]43C)[C@@H]1CC(C)=C2c1cccnc1. The molecule has 3 heteroatoms. The van der Waals surface area contributed by atoms with Gasteiger partial charge in [-0.05, 0) is 110 Å². The van der Waals surface area contributed by atoms with Crippen molar-refractivity contribution < 1.29 is 10.2 Å². The minimum absolute atomic E-state index is 0.164. The Morgan fingerprint density at radius 1 is 1.14 bits per heavy atom. The second-order valence-corrected chi connectivity index (χ2v) is 10.9. The third kappa shape index (κ3) is 2.73. The van der Waals surface area contributed by atoms with Crippen molar-refractivity contribution in [2.45, 2.75) is 84.3 Å².